The molecular weight excluding hydrogens is 520 g/mol. The summed E-state index contributed by atoms with van der Waals surface area (Å²) in [7, 11) is 0. The average molecular weight is 543 g/mol. The van der Waals surface area contributed by atoms with Gasteiger partial charge in [-0.05, 0) is 58.6 Å². The average Bonchev–Trinajstić information content (AvgIpc) is 3.43. The van der Waals surface area contributed by atoms with Crippen LogP contribution < -0.4 is 9.64 Å². The van der Waals surface area contributed by atoms with Crippen molar-refractivity contribution in [2.45, 2.75) is 0 Å². The first-order valence-electron chi connectivity index (χ1n) is 13.7. The van der Waals surface area contributed by atoms with Crippen molar-refractivity contribution in [2.24, 2.45) is 0 Å². The first-order valence-corrected chi connectivity index (χ1v) is 14.5. The Hall–Kier alpha value is -5.19. The van der Waals surface area contributed by atoms with E-state index < -0.39 is 0 Å². The van der Waals surface area contributed by atoms with Gasteiger partial charge >= 0.3 is 0 Å². The number of para-hydroxylation sites is 4. The summed E-state index contributed by atoms with van der Waals surface area (Å²) in [5.41, 5.74) is 4.02. The number of hydrogen-bond acceptors (Lipinski definition) is 4. The number of ether oxygens (including phenoxy) is 1. The fourth-order valence-electron chi connectivity index (χ4n) is 6.23. The van der Waals surface area contributed by atoms with Gasteiger partial charge in [-0.15, -0.1) is 11.3 Å². The Morgan fingerprint density at radius 2 is 1.17 bits per heavy atom. The third kappa shape index (κ3) is 3.35. The second-order valence-corrected chi connectivity index (χ2v) is 11.4. The molecule has 0 N–H and O–H groups in total. The molecule has 0 atom stereocenters. The number of anilines is 3. The Kier molecular flexibility index (Phi) is 4.77. The summed E-state index contributed by atoms with van der Waals surface area (Å²) in [6.45, 7) is 0. The molecule has 0 radical (unpaired) electrons. The van der Waals surface area contributed by atoms with Gasteiger partial charge in [-0.25, -0.2) is 4.98 Å². The quantitative estimate of drug-likeness (QED) is 0.217. The first kappa shape index (κ1) is 22.6. The summed E-state index contributed by atoms with van der Waals surface area (Å²) in [5.74, 6) is 2.51. The minimum atomic E-state index is 0.819. The zero-order chi connectivity index (χ0) is 26.9. The molecule has 1 aliphatic heterocycles. The lowest BCUT2D eigenvalue weighted by atomic mass is 9.97. The van der Waals surface area contributed by atoms with Crippen LogP contribution in [0.4, 0.5) is 17.2 Å². The van der Waals surface area contributed by atoms with Crippen LogP contribution in [0.3, 0.4) is 0 Å². The SMILES string of the molecule is c1ccc(-c2nc(N3c4ccccc4Oc4ccccc43)cc3c2ccc2sc4ccc5ccccc5c4c23)cc1. The highest BCUT2D eigenvalue weighted by Crippen LogP contribution is 2.51. The number of hydrogen-bond donors (Lipinski definition) is 0. The standard InChI is InChI=1S/C37H22N2OS/c1-2-11-24(12-3-1)37-26-19-21-33-36(35-25-13-5-4-10-23(25)18-20-32(35)41-33)27(26)22-34(38-37)39-28-14-6-8-16-30(28)40-31-17-9-7-15-29(31)39/h1-22H. The Morgan fingerprint density at radius 1 is 0.537 bits per heavy atom. The van der Waals surface area contributed by atoms with Gasteiger partial charge in [0.15, 0.2) is 11.5 Å². The summed E-state index contributed by atoms with van der Waals surface area (Å²) < 4.78 is 8.91. The summed E-state index contributed by atoms with van der Waals surface area (Å²) in [6.07, 6.45) is 0. The van der Waals surface area contributed by atoms with Crippen LogP contribution in [-0.2, 0) is 0 Å². The smallest absolute Gasteiger partial charge is 0.151 e. The Balaban J connectivity index is 1.45. The lowest BCUT2D eigenvalue weighted by molar-refractivity contribution is 0.476. The topological polar surface area (TPSA) is 25.4 Å². The van der Waals surface area contributed by atoms with E-state index in [2.05, 4.69) is 114 Å². The van der Waals surface area contributed by atoms with Crippen molar-refractivity contribution < 1.29 is 4.74 Å². The number of aromatic nitrogens is 1. The second-order valence-electron chi connectivity index (χ2n) is 10.4. The van der Waals surface area contributed by atoms with Crippen LogP contribution in [0.2, 0.25) is 0 Å². The molecule has 41 heavy (non-hydrogen) atoms. The largest absolute Gasteiger partial charge is 0.453 e. The van der Waals surface area contributed by atoms with Gasteiger partial charge in [0.05, 0.1) is 17.1 Å². The molecule has 9 rings (SSSR count). The number of nitrogens with zero attached hydrogens (tertiary/aromatic N) is 2. The highest BCUT2D eigenvalue weighted by Gasteiger charge is 2.27. The van der Waals surface area contributed by atoms with Gasteiger partial charge < -0.3 is 4.74 Å². The van der Waals surface area contributed by atoms with Crippen molar-refractivity contribution in [1.82, 2.24) is 4.98 Å². The lowest BCUT2D eigenvalue weighted by Gasteiger charge is -2.32. The first-order chi connectivity index (χ1) is 20.3. The molecule has 8 aromatic rings. The fourth-order valence-corrected chi connectivity index (χ4v) is 7.37. The molecule has 3 nitrogen and oxygen atoms in total. The van der Waals surface area contributed by atoms with Gasteiger partial charge in [-0.1, -0.05) is 91.0 Å². The van der Waals surface area contributed by atoms with Crippen molar-refractivity contribution in [1.29, 1.82) is 0 Å². The van der Waals surface area contributed by atoms with Gasteiger partial charge in [-0.2, -0.15) is 0 Å². The summed E-state index contributed by atoms with van der Waals surface area (Å²) in [5, 5.41) is 7.49. The van der Waals surface area contributed by atoms with E-state index >= 15 is 0 Å². The second kappa shape index (κ2) is 8.65. The van der Waals surface area contributed by atoms with Crippen LogP contribution in [0.5, 0.6) is 11.5 Å². The molecule has 4 heteroatoms. The molecule has 0 saturated heterocycles. The van der Waals surface area contributed by atoms with Crippen molar-refractivity contribution >= 4 is 70.2 Å². The molecule has 1 aliphatic rings. The maximum Gasteiger partial charge on any atom is 0.151 e. The molecule has 0 saturated carbocycles. The van der Waals surface area contributed by atoms with Crippen LogP contribution in [0.25, 0.3) is 53.0 Å². The molecule has 3 heterocycles. The number of benzene rings is 6. The summed E-state index contributed by atoms with van der Waals surface area (Å²) >= 11 is 1.86. The van der Waals surface area contributed by atoms with E-state index in [1.165, 1.54) is 36.3 Å². The molecule has 6 aromatic carbocycles. The van der Waals surface area contributed by atoms with Gasteiger partial charge in [0, 0.05) is 31.1 Å². The van der Waals surface area contributed by atoms with Crippen LogP contribution in [0.1, 0.15) is 0 Å². The molecule has 0 spiro atoms. The number of pyridine rings is 1. The van der Waals surface area contributed by atoms with Crippen molar-refractivity contribution in [3.63, 3.8) is 0 Å². The Labute approximate surface area is 240 Å². The molecule has 0 amide bonds. The van der Waals surface area contributed by atoms with E-state index in [0.29, 0.717) is 0 Å². The maximum atomic E-state index is 6.33. The summed E-state index contributed by atoms with van der Waals surface area (Å²) in [6, 6.07) is 46.9. The van der Waals surface area contributed by atoms with E-state index in [0.717, 1.165) is 45.3 Å². The van der Waals surface area contributed by atoms with Crippen molar-refractivity contribution in [3.8, 4) is 22.8 Å². The number of fused-ring (bicyclic) bond motifs is 9. The Bertz CT molecular complexity index is 2260. The lowest BCUT2D eigenvalue weighted by Crippen LogP contribution is -2.17. The maximum absolute atomic E-state index is 6.33. The minimum Gasteiger partial charge on any atom is -0.453 e. The van der Waals surface area contributed by atoms with Crippen LogP contribution in [0, 0.1) is 0 Å². The number of rotatable bonds is 2. The van der Waals surface area contributed by atoms with Gasteiger partial charge in [0.25, 0.3) is 0 Å². The van der Waals surface area contributed by atoms with Crippen molar-refractivity contribution in [2.75, 3.05) is 4.90 Å². The highest BCUT2D eigenvalue weighted by molar-refractivity contribution is 7.26. The zero-order valence-corrected chi connectivity index (χ0v) is 22.7. The molecule has 0 fully saturated rings. The number of thiophene rings is 1. The van der Waals surface area contributed by atoms with E-state index in [1.54, 1.807) is 0 Å². The molecule has 0 unspecified atom stereocenters. The van der Waals surface area contributed by atoms with Gasteiger partial charge in [0.2, 0.25) is 0 Å². The normalized spacial score (nSPS) is 12.5. The third-order valence-electron chi connectivity index (χ3n) is 8.03. The molecule has 192 valence electrons. The van der Waals surface area contributed by atoms with Gasteiger partial charge in [-0.3, -0.25) is 4.90 Å². The third-order valence-corrected chi connectivity index (χ3v) is 9.15. The molecular formula is C37H22N2OS. The highest BCUT2D eigenvalue weighted by atomic mass is 32.1. The molecule has 2 aromatic heterocycles. The molecule has 0 aliphatic carbocycles. The predicted molar refractivity (Wildman–Crippen MR) is 172 cm³/mol. The van der Waals surface area contributed by atoms with Crippen LogP contribution in [0.15, 0.2) is 133 Å². The zero-order valence-electron chi connectivity index (χ0n) is 21.9. The summed E-state index contributed by atoms with van der Waals surface area (Å²) in [4.78, 5) is 7.64. The fraction of sp³-hybridized carbons (Fsp3) is 0. The minimum absolute atomic E-state index is 0.819. The van der Waals surface area contributed by atoms with E-state index in [1.807, 2.05) is 35.6 Å². The Morgan fingerprint density at radius 3 is 1.95 bits per heavy atom. The van der Waals surface area contributed by atoms with E-state index in [-0.39, 0.29) is 0 Å². The monoisotopic (exact) mass is 542 g/mol. The van der Waals surface area contributed by atoms with Crippen LogP contribution in [-0.4, -0.2) is 4.98 Å². The van der Waals surface area contributed by atoms with E-state index in [4.69, 9.17) is 9.72 Å². The van der Waals surface area contributed by atoms with Crippen molar-refractivity contribution in [3.05, 3.63) is 133 Å². The predicted octanol–water partition coefficient (Wildman–Crippen LogP) is 11.0. The van der Waals surface area contributed by atoms with Gasteiger partial charge in [0.1, 0.15) is 5.82 Å². The molecule has 0 bridgehead atoms. The van der Waals surface area contributed by atoms with Crippen LogP contribution >= 0.6 is 11.3 Å². The van der Waals surface area contributed by atoms with E-state index in [9.17, 15) is 0 Å².